The maximum Gasteiger partial charge on any atom is 0.269 e. The summed E-state index contributed by atoms with van der Waals surface area (Å²) in [5.74, 6) is 2.55. The number of non-ortho nitro benzene ring substituents is 1. The first-order valence-electron chi connectivity index (χ1n) is 11.1. The van der Waals surface area contributed by atoms with E-state index in [1.165, 1.54) is 12.1 Å². The van der Waals surface area contributed by atoms with Crippen LogP contribution in [-0.2, 0) is 11.2 Å². The van der Waals surface area contributed by atoms with Gasteiger partial charge in [0.25, 0.3) is 5.69 Å². The largest absolute Gasteiger partial charge is 0.367 e. The van der Waals surface area contributed by atoms with E-state index >= 15 is 0 Å². The lowest BCUT2D eigenvalue weighted by Crippen LogP contribution is -2.40. The fraction of sp³-hybridized carbons (Fsp3) is 0.522. The van der Waals surface area contributed by atoms with Crippen LogP contribution in [0.25, 0.3) is 0 Å². The molecule has 1 saturated carbocycles. The summed E-state index contributed by atoms with van der Waals surface area (Å²) in [4.78, 5) is 33.5. The van der Waals surface area contributed by atoms with Gasteiger partial charge < -0.3 is 15.5 Å². The molecule has 1 aliphatic rings. The van der Waals surface area contributed by atoms with Crippen molar-refractivity contribution in [2.75, 3.05) is 24.3 Å². The Hall–Kier alpha value is -3.23. The van der Waals surface area contributed by atoms with Crippen molar-refractivity contribution in [2.45, 2.75) is 64.0 Å². The Morgan fingerprint density at radius 1 is 1.12 bits per heavy atom. The molecule has 1 aromatic carbocycles. The minimum Gasteiger partial charge on any atom is -0.367 e. The number of carbonyl (C=O) groups is 1. The highest BCUT2D eigenvalue weighted by molar-refractivity contribution is 5.76. The predicted octanol–water partition coefficient (Wildman–Crippen LogP) is 3.62. The maximum atomic E-state index is 12.3. The van der Waals surface area contributed by atoms with Crippen LogP contribution in [-0.4, -0.2) is 47.0 Å². The van der Waals surface area contributed by atoms with Crippen LogP contribution in [0, 0.1) is 17.0 Å². The van der Waals surface area contributed by atoms with Gasteiger partial charge in [0.2, 0.25) is 5.91 Å². The highest BCUT2D eigenvalue weighted by atomic mass is 16.6. The third kappa shape index (κ3) is 6.90. The van der Waals surface area contributed by atoms with E-state index in [9.17, 15) is 14.9 Å². The van der Waals surface area contributed by atoms with E-state index in [-0.39, 0.29) is 17.6 Å². The molecular weight excluding hydrogens is 408 g/mol. The molecule has 1 amide bonds. The van der Waals surface area contributed by atoms with Crippen LogP contribution < -0.4 is 15.5 Å². The van der Waals surface area contributed by atoms with E-state index in [2.05, 4.69) is 20.6 Å². The lowest BCUT2D eigenvalue weighted by Gasteiger charge is -2.30. The van der Waals surface area contributed by atoms with Gasteiger partial charge in [-0.1, -0.05) is 12.1 Å². The van der Waals surface area contributed by atoms with E-state index in [1.54, 1.807) is 12.1 Å². The number of nitro groups is 1. The molecule has 172 valence electrons. The Morgan fingerprint density at radius 2 is 1.78 bits per heavy atom. The Labute approximate surface area is 188 Å². The van der Waals surface area contributed by atoms with Crippen LogP contribution in [0.5, 0.6) is 0 Å². The molecular formula is C23H32N6O3. The van der Waals surface area contributed by atoms with Gasteiger partial charge in [-0.15, -0.1) is 0 Å². The Kier molecular flexibility index (Phi) is 7.97. The first kappa shape index (κ1) is 23.4. The van der Waals surface area contributed by atoms with Gasteiger partial charge in [-0.2, -0.15) is 0 Å². The lowest BCUT2D eigenvalue weighted by atomic mass is 9.91. The first-order chi connectivity index (χ1) is 15.3. The van der Waals surface area contributed by atoms with Crippen molar-refractivity contribution in [2.24, 2.45) is 0 Å². The zero-order valence-electron chi connectivity index (χ0n) is 19.0. The number of aryl methyl sites for hydroxylation is 2. The fourth-order valence-electron chi connectivity index (χ4n) is 3.98. The van der Waals surface area contributed by atoms with Crippen LogP contribution in [0.1, 0.15) is 49.9 Å². The van der Waals surface area contributed by atoms with E-state index in [0.717, 1.165) is 61.5 Å². The van der Waals surface area contributed by atoms with E-state index < -0.39 is 4.92 Å². The zero-order chi connectivity index (χ0) is 23.1. The highest BCUT2D eigenvalue weighted by Gasteiger charge is 2.23. The number of nitro benzene ring substituents is 1. The van der Waals surface area contributed by atoms with Crippen LogP contribution in [0.3, 0.4) is 0 Å². The van der Waals surface area contributed by atoms with E-state index in [4.69, 9.17) is 0 Å². The molecule has 1 aromatic heterocycles. The molecule has 9 heteroatoms. The monoisotopic (exact) mass is 440 g/mol. The van der Waals surface area contributed by atoms with Gasteiger partial charge in [-0.25, -0.2) is 9.97 Å². The number of nitrogens with one attached hydrogen (secondary N) is 2. The normalized spacial score (nSPS) is 18.1. The van der Waals surface area contributed by atoms with Crippen molar-refractivity contribution >= 4 is 23.2 Å². The average molecular weight is 441 g/mol. The predicted molar refractivity (Wildman–Crippen MR) is 125 cm³/mol. The number of anilines is 2. The topological polar surface area (TPSA) is 113 Å². The van der Waals surface area contributed by atoms with Gasteiger partial charge in [0, 0.05) is 50.8 Å². The molecule has 0 saturated heterocycles. The van der Waals surface area contributed by atoms with Crippen molar-refractivity contribution < 1.29 is 9.72 Å². The number of aromatic nitrogens is 2. The minimum absolute atomic E-state index is 0.0744. The smallest absolute Gasteiger partial charge is 0.269 e. The quantitative estimate of drug-likeness (QED) is 0.452. The number of nitrogens with zero attached hydrogens (tertiary/aromatic N) is 4. The molecule has 9 nitrogen and oxygen atoms in total. The second-order valence-corrected chi connectivity index (χ2v) is 8.59. The summed E-state index contributed by atoms with van der Waals surface area (Å²) in [6, 6.07) is 9.04. The number of carbonyl (C=O) groups excluding carboxylic acids is 1. The van der Waals surface area contributed by atoms with Crippen LogP contribution in [0.15, 0.2) is 30.3 Å². The van der Waals surface area contributed by atoms with Gasteiger partial charge in [0.1, 0.15) is 17.5 Å². The van der Waals surface area contributed by atoms with Crippen molar-refractivity contribution in [3.63, 3.8) is 0 Å². The van der Waals surface area contributed by atoms with Gasteiger partial charge in [-0.3, -0.25) is 14.9 Å². The number of hydrogen-bond donors (Lipinski definition) is 2. The lowest BCUT2D eigenvalue weighted by molar-refractivity contribution is -0.384. The number of rotatable bonds is 9. The Morgan fingerprint density at radius 3 is 2.41 bits per heavy atom. The van der Waals surface area contributed by atoms with Crippen molar-refractivity contribution in [1.29, 1.82) is 0 Å². The first-order valence-corrected chi connectivity index (χ1v) is 11.1. The second-order valence-electron chi connectivity index (χ2n) is 8.59. The summed E-state index contributed by atoms with van der Waals surface area (Å²) < 4.78 is 0. The van der Waals surface area contributed by atoms with Crippen LogP contribution in [0.4, 0.5) is 17.3 Å². The number of amides is 1. The van der Waals surface area contributed by atoms with Gasteiger partial charge >= 0.3 is 0 Å². The molecule has 0 spiro atoms. The summed E-state index contributed by atoms with van der Waals surface area (Å²) in [5, 5.41) is 17.4. The third-order valence-electron chi connectivity index (χ3n) is 5.74. The standard InChI is InChI=1S/C23H32N6O3/c1-16-24-21(15-22(25-16)28(2)3)26-18-9-11-19(12-10-18)27-23(30)6-4-5-17-7-13-20(14-8-17)29(31)32/h7-8,13-15,18-19H,4-6,9-12H2,1-3H3,(H,27,30)(H,24,25,26). The van der Waals surface area contributed by atoms with Crippen molar-refractivity contribution in [3.8, 4) is 0 Å². The molecule has 1 fully saturated rings. The maximum absolute atomic E-state index is 12.3. The fourth-order valence-corrected chi connectivity index (χ4v) is 3.98. The van der Waals surface area contributed by atoms with Crippen molar-refractivity contribution in [1.82, 2.24) is 15.3 Å². The summed E-state index contributed by atoms with van der Waals surface area (Å²) >= 11 is 0. The van der Waals surface area contributed by atoms with E-state index in [0.29, 0.717) is 12.5 Å². The van der Waals surface area contributed by atoms with Gasteiger partial charge in [0.15, 0.2) is 0 Å². The summed E-state index contributed by atoms with van der Waals surface area (Å²) in [5.41, 5.74) is 1.09. The molecule has 0 aliphatic heterocycles. The molecule has 0 atom stereocenters. The average Bonchev–Trinajstić information content (AvgIpc) is 2.75. The second kappa shape index (κ2) is 10.9. The molecule has 0 unspecified atom stereocenters. The molecule has 0 bridgehead atoms. The summed E-state index contributed by atoms with van der Waals surface area (Å²) in [6.07, 6.45) is 5.76. The molecule has 3 rings (SSSR count). The molecule has 1 heterocycles. The zero-order valence-corrected chi connectivity index (χ0v) is 19.0. The molecule has 2 aromatic rings. The van der Waals surface area contributed by atoms with Gasteiger partial charge in [0.05, 0.1) is 4.92 Å². The highest BCUT2D eigenvalue weighted by Crippen LogP contribution is 2.23. The number of benzene rings is 1. The molecule has 2 N–H and O–H groups in total. The van der Waals surface area contributed by atoms with Crippen LogP contribution >= 0.6 is 0 Å². The molecule has 32 heavy (non-hydrogen) atoms. The van der Waals surface area contributed by atoms with Crippen LogP contribution in [0.2, 0.25) is 0 Å². The minimum atomic E-state index is -0.406. The summed E-state index contributed by atoms with van der Waals surface area (Å²) in [6.45, 7) is 1.90. The number of hydrogen-bond acceptors (Lipinski definition) is 7. The molecule has 1 aliphatic carbocycles. The molecule has 0 radical (unpaired) electrons. The third-order valence-corrected chi connectivity index (χ3v) is 5.74. The van der Waals surface area contributed by atoms with E-state index in [1.807, 2.05) is 32.0 Å². The summed E-state index contributed by atoms with van der Waals surface area (Å²) in [7, 11) is 3.93. The SMILES string of the molecule is Cc1nc(NC2CCC(NC(=O)CCCc3ccc([N+](=O)[O-])cc3)CC2)cc(N(C)C)n1. The van der Waals surface area contributed by atoms with Gasteiger partial charge in [-0.05, 0) is 51.0 Å². The van der Waals surface area contributed by atoms with Crippen molar-refractivity contribution in [3.05, 3.63) is 51.8 Å². The Balaban J connectivity index is 1.37. The Bertz CT molecular complexity index is 924.